The second-order valence-corrected chi connectivity index (χ2v) is 3.76. The van der Waals surface area contributed by atoms with Crippen molar-refractivity contribution in [2.24, 2.45) is 5.73 Å². The molecule has 1 amide bonds. The van der Waals surface area contributed by atoms with Crippen molar-refractivity contribution in [2.45, 2.75) is 0 Å². The maximum atomic E-state index is 12.0. The summed E-state index contributed by atoms with van der Waals surface area (Å²) in [6.07, 6.45) is 1.62. The van der Waals surface area contributed by atoms with Crippen LogP contribution in [-0.4, -0.2) is 17.4 Å². The number of pyridine rings is 1. The summed E-state index contributed by atoms with van der Waals surface area (Å²) < 4.78 is 0. The van der Waals surface area contributed by atoms with E-state index in [1.165, 1.54) is 0 Å². The maximum absolute atomic E-state index is 12.0. The van der Waals surface area contributed by atoms with Gasteiger partial charge in [-0.2, -0.15) is 0 Å². The molecule has 94 valence electrons. The molecule has 1 aromatic heterocycles. The average molecular weight is 251 g/mol. The Kier molecular flexibility index (Phi) is 4.27. The van der Waals surface area contributed by atoms with Crippen LogP contribution in [0.3, 0.4) is 0 Å². The van der Waals surface area contributed by atoms with Crippen LogP contribution in [0.2, 0.25) is 0 Å². The molecule has 4 nitrogen and oxygen atoms in total. The molecule has 0 aliphatic carbocycles. The van der Waals surface area contributed by atoms with Gasteiger partial charge in [-0.1, -0.05) is 24.0 Å². The Morgan fingerprint density at radius 1 is 1.26 bits per heavy atom. The molecule has 0 aliphatic rings. The van der Waals surface area contributed by atoms with E-state index in [4.69, 9.17) is 5.73 Å². The van der Waals surface area contributed by atoms with Crippen LogP contribution in [0.25, 0.3) is 0 Å². The van der Waals surface area contributed by atoms with E-state index in [1.54, 1.807) is 36.5 Å². The number of carbonyl (C=O) groups excluding carboxylic acids is 1. The average Bonchev–Trinajstić information content (AvgIpc) is 2.46. The zero-order valence-electron chi connectivity index (χ0n) is 10.3. The van der Waals surface area contributed by atoms with Gasteiger partial charge in [-0.25, -0.2) is 4.98 Å². The topological polar surface area (TPSA) is 68.0 Å². The van der Waals surface area contributed by atoms with Gasteiger partial charge in [-0.15, -0.1) is 0 Å². The molecular formula is C15H13N3O. The van der Waals surface area contributed by atoms with Crippen molar-refractivity contribution in [3.8, 4) is 11.8 Å². The van der Waals surface area contributed by atoms with Gasteiger partial charge in [0.1, 0.15) is 5.82 Å². The summed E-state index contributed by atoms with van der Waals surface area (Å²) in [7, 11) is 0. The van der Waals surface area contributed by atoms with E-state index in [0.717, 1.165) is 5.56 Å². The van der Waals surface area contributed by atoms with Crippen molar-refractivity contribution >= 4 is 11.7 Å². The number of hydrogen-bond donors (Lipinski definition) is 2. The van der Waals surface area contributed by atoms with Crippen molar-refractivity contribution in [3.63, 3.8) is 0 Å². The van der Waals surface area contributed by atoms with Gasteiger partial charge >= 0.3 is 0 Å². The van der Waals surface area contributed by atoms with E-state index in [9.17, 15) is 4.79 Å². The zero-order valence-corrected chi connectivity index (χ0v) is 10.3. The fourth-order valence-electron chi connectivity index (χ4n) is 1.52. The van der Waals surface area contributed by atoms with Crippen molar-refractivity contribution in [1.82, 2.24) is 4.98 Å². The number of amides is 1. The molecule has 3 N–H and O–H groups in total. The van der Waals surface area contributed by atoms with Crippen molar-refractivity contribution < 1.29 is 4.79 Å². The number of hydrogen-bond acceptors (Lipinski definition) is 3. The maximum Gasteiger partial charge on any atom is 0.256 e. The van der Waals surface area contributed by atoms with Crippen LogP contribution < -0.4 is 11.1 Å². The first-order chi connectivity index (χ1) is 9.29. The molecule has 19 heavy (non-hydrogen) atoms. The summed E-state index contributed by atoms with van der Waals surface area (Å²) in [5.41, 5.74) is 6.61. The smallest absolute Gasteiger partial charge is 0.256 e. The Labute approximate surface area is 111 Å². The lowest BCUT2D eigenvalue weighted by molar-refractivity contribution is 0.102. The van der Waals surface area contributed by atoms with Gasteiger partial charge in [0.15, 0.2) is 0 Å². The van der Waals surface area contributed by atoms with E-state index < -0.39 is 0 Å². The molecule has 0 unspecified atom stereocenters. The van der Waals surface area contributed by atoms with Crippen LogP contribution in [0.4, 0.5) is 5.82 Å². The lowest BCUT2D eigenvalue weighted by atomic mass is 10.1. The van der Waals surface area contributed by atoms with E-state index >= 15 is 0 Å². The third kappa shape index (κ3) is 3.66. The molecule has 0 aliphatic heterocycles. The quantitative estimate of drug-likeness (QED) is 0.797. The second-order valence-electron chi connectivity index (χ2n) is 3.76. The Hall–Kier alpha value is -2.64. The Morgan fingerprint density at radius 3 is 2.89 bits per heavy atom. The number of nitrogens with zero attached hydrogens (tertiary/aromatic N) is 1. The van der Waals surface area contributed by atoms with E-state index in [-0.39, 0.29) is 5.91 Å². The SMILES string of the molecule is NCC#Cc1cccc(C(=O)Nc2ccccn2)c1. The summed E-state index contributed by atoms with van der Waals surface area (Å²) in [6, 6.07) is 12.4. The summed E-state index contributed by atoms with van der Waals surface area (Å²) >= 11 is 0. The number of benzene rings is 1. The molecule has 2 rings (SSSR count). The van der Waals surface area contributed by atoms with Crippen LogP contribution in [0.5, 0.6) is 0 Å². The predicted molar refractivity (Wildman–Crippen MR) is 74.6 cm³/mol. The Morgan fingerprint density at radius 2 is 2.16 bits per heavy atom. The third-order valence-electron chi connectivity index (χ3n) is 2.37. The highest BCUT2D eigenvalue weighted by molar-refractivity contribution is 6.03. The summed E-state index contributed by atoms with van der Waals surface area (Å²) in [5.74, 6) is 5.95. The highest BCUT2D eigenvalue weighted by Crippen LogP contribution is 2.08. The summed E-state index contributed by atoms with van der Waals surface area (Å²) in [5, 5.41) is 2.72. The fraction of sp³-hybridized carbons (Fsp3) is 0.0667. The molecular weight excluding hydrogens is 238 g/mol. The first-order valence-electron chi connectivity index (χ1n) is 5.81. The van der Waals surface area contributed by atoms with Crippen molar-refractivity contribution in [1.29, 1.82) is 0 Å². The molecule has 0 atom stereocenters. The van der Waals surface area contributed by atoms with Gasteiger partial charge in [0.25, 0.3) is 5.91 Å². The third-order valence-corrected chi connectivity index (χ3v) is 2.37. The summed E-state index contributed by atoms with van der Waals surface area (Å²) in [6.45, 7) is 0.296. The van der Waals surface area contributed by atoms with Crippen LogP contribution in [-0.2, 0) is 0 Å². The van der Waals surface area contributed by atoms with Crippen LogP contribution in [0.1, 0.15) is 15.9 Å². The number of nitrogens with two attached hydrogens (primary N) is 1. The second kappa shape index (κ2) is 6.34. The summed E-state index contributed by atoms with van der Waals surface area (Å²) in [4.78, 5) is 16.1. The molecule has 1 aromatic carbocycles. The minimum Gasteiger partial charge on any atom is -0.320 e. The molecule has 0 fully saturated rings. The van der Waals surface area contributed by atoms with Gasteiger partial charge in [0.2, 0.25) is 0 Å². The Bertz CT molecular complexity index is 627. The van der Waals surface area contributed by atoms with Gasteiger partial charge in [-0.05, 0) is 30.3 Å². The van der Waals surface area contributed by atoms with Gasteiger partial charge in [0, 0.05) is 17.3 Å². The molecule has 0 bridgehead atoms. The van der Waals surface area contributed by atoms with Crippen LogP contribution in [0.15, 0.2) is 48.7 Å². The van der Waals surface area contributed by atoms with E-state index in [0.29, 0.717) is 17.9 Å². The molecule has 2 aromatic rings. The molecule has 1 heterocycles. The lowest BCUT2D eigenvalue weighted by Gasteiger charge is -2.04. The van der Waals surface area contributed by atoms with E-state index in [1.807, 2.05) is 12.1 Å². The van der Waals surface area contributed by atoms with Crippen molar-refractivity contribution in [2.75, 3.05) is 11.9 Å². The van der Waals surface area contributed by atoms with Crippen LogP contribution in [0, 0.1) is 11.8 Å². The highest BCUT2D eigenvalue weighted by Gasteiger charge is 2.06. The Balaban J connectivity index is 2.15. The molecule has 0 saturated heterocycles. The van der Waals surface area contributed by atoms with Gasteiger partial charge in [-0.3, -0.25) is 4.79 Å². The number of anilines is 1. The largest absolute Gasteiger partial charge is 0.320 e. The first-order valence-corrected chi connectivity index (χ1v) is 5.81. The number of nitrogens with one attached hydrogen (secondary N) is 1. The molecule has 0 spiro atoms. The fourth-order valence-corrected chi connectivity index (χ4v) is 1.52. The van der Waals surface area contributed by atoms with E-state index in [2.05, 4.69) is 22.1 Å². The molecule has 4 heteroatoms. The van der Waals surface area contributed by atoms with Gasteiger partial charge < -0.3 is 11.1 Å². The monoisotopic (exact) mass is 251 g/mol. The lowest BCUT2D eigenvalue weighted by Crippen LogP contribution is -2.12. The van der Waals surface area contributed by atoms with Crippen molar-refractivity contribution in [3.05, 3.63) is 59.8 Å². The highest BCUT2D eigenvalue weighted by atomic mass is 16.1. The minimum absolute atomic E-state index is 0.213. The molecule has 0 radical (unpaired) electrons. The first kappa shape index (κ1) is 12.8. The zero-order chi connectivity index (χ0) is 13.5. The van der Waals surface area contributed by atoms with Gasteiger partial charge in [0.05, 0.1) is 6.54 Å². The number of carbonyl (C=O) groups is 1. The minimum atomic E-state index is -0.213. The normalized spacial score (nSPS) is 9.32. The standard InChI is InChI=1S/C15H13N3O/c16-9-4-6-12-5-3-7-13(11-12)15(19)18-14-8-1-2-10-17-14/h1-3,5,7-8,10-11H,9,16H2,(H,17,18,19). The number of rotatable bonds is 2. The number of aromatic nitrogens is 1. The molecule has 0 saturated carbocycles. The predicted octanol–water partition coefficient (Wildman–Crippen LogP) is 1.64. The van der Waals surface area contributed by atoms with Crippen LogP contribution >= 0.6 is 0 Å².